The second-order valence-corrected chi connectivity index (χ2v) is 1.83. The fraction of sp³-hybridized carbons (Fsp3) is 1.00. The number of alkyl halides is 1. The molecule has 0 saturated heterocycles. The Hall–Kier alpha value is -0.110. The lowest BCUT2D eigenvalue weighted by atomic mass is 10.2. The molecule has 0 saturated carbocycles. The summed E-state index contributed by atoms with van der Waals surface area (Å²) in [5, 5.41) is 0. The van der Waals surface area contributed by atoms with Crippen LogP contribution < -0.4 is 0 Å². The summed E-state index contributed by atoms with van der Waals surface area (Å²) in [7, 11) is 1.37. The van der Waals surface area contributed by atoms with Gasteiger partial charge in [-0.15, -0.1) is 0 Å². The predicted octanol–water partition coefficient (Wildman–Crippen LogP) is 1.58. The quantitative estimate of drug-likeness (QED) is 0.519. The van der Waals surface area contributed by atoms with Gasteiger partial charge in [-0.3, -0.25) is 0 Å². The van der Waals surface area contributed by atoms with Crippen molar-refractivity contribution in [1.29, 1.82) is 0 Å². The van der Waals surface area contributed by atoms with E-state index in [9.17, 15) is 4.39 Å². The van der Waals surface area contributed by atoms with E-state index < -0.39 is 6.36 Å². The van der Waals surface area contributed by atoms with Crippen molar-refractivity contribution in [2.24, 2.45) is 5.92 Å². The Bertz CT molecular complexity index is 45.3. The summed E-state index contributed by atoms with van der Waals surface area (Å²) in [5.74, 6) is -0.0231. The second-order valence-electron chi connectivity index (χ2n) is 1.83. The van der Waals surface area contributed by atoms with Crippen molar-refractivity contribution in [3.63, 3.8) is 0 Å². The molecule has 0 aliphatic carbocycles. The minimum atomic E-state index is -1.10. The number of ether oxygens (including phenoxy) is 1. The summed E-state index contributed by atoms with van der Waals surface area (Å²) in [6.07, 6.45) is -1.10. The van der Waals surface area contributed by atoms with Crippen LogP contribution in [-0.4, -0.2) is 13.5 Å². The van der Waals surface area contributed by atoms with E-state index in [4.69, 9.17) is 0 Å². The molecule has 0 rings (SSSR count). The Kier molecular flexibility index (Phi) is 2.92. The van der Waals surface area contributed by atoms with E-state index >= 15 is 0 Å². The van der Waals surface area contributed by atoms with Gasteiger partial charge in [0, 0.05) is 13.0 Å². The van der Waals surface area contributed by atoms with Crippen molar-refractivity contribution in [3.8, 4) is 0 Å². The highest BCUT2D eigenvalue weighted by Crippen LogP contribution is 2.04. The molecule has 0 fully saturated rings. The molecule has 0 aromatic rings. The maximum absolute atomic E-state index is 12.0. The number of hydrogen-bond donors (Lipinski definition) is 0. The molecule has 0 aliphatic rings. The van der Waals surface area contributed by atoms with Gasteiger partial charge in [0.1, 0.15) is 0 Å². The summed E-state index contributed by atoms with van der Waals surface area (Å²) in [5.41, 5.74) is 0. The van der Waals surface area contributed by atoms with Crippen LogP contribution in [0.3, 0.4) is 0 Å². The number of rotatable bonds is 2. The van der Waals surface area contributed by atoms with Crippen molar-refractivity contribution in [1.82, 2.24) is 0 Å². The van der Waals surface area contributed by atoms with Crippen LogP contribution in [0.25, 0.3) is 0 Å². The highest BCUT2D eigenvalue weighted by Gasteiger charge is 2.06. The molecular weight excluding hydrogens is 95.1 g/mol. The fourth-order valence-electron chi connectivity index (χ4n) is 0.272. The van der Waals surface area contributed by atoms with Gasteiger partial charge >= 0.3 is 0 Å². The highest BCUT2D eigenvalue weighted by molar-refractivity contribution is 4.44. The van der Waals surface area contributed by atoms with Crippen LogP contribution in [0.4, 0.5) is 4.39 Å². The van der Waals surface area contributed by atoms with Crippen molar-refractivity contribution < 1.29 is 9.13 Å². The van der Waals surface area contributed by atoms with E-state index in [0.717, 1.165) is 0 Å². The zero-order chi connectivity index (χ0) is 5.86. The van der Waals surface area contributed by atoms with Gasteiger partial charge in [0.25, 0.3) is 0 Å². The zero-order valence-corrected chi connectivity index (χ0v) is 4.94. The Morgan fingerprint density at radius 2 is 1.86 bits per heavy atom. The molecule has 1 unspecified atom stereocenters. The molecule has 0 aromatic carbocycles. The SMILES string of the molecule is COC(F)C(C)C. The molecule has 1 atom stereocenters. The van der Waals surface area contributed by atoms with Crippen molar-refractivity contribution in [3.05, 3.63) is 0 Å². The average Bonchev–Trinajstić information content (AvgIpc) is 1.65. The Balaban J connectivity index is 3.14. The van der Waals surface area contributed by atoms with Gasteiger partial charge < -0.3 is 4.74 Å². The van der Waals surface area contributed by atoms with E-state index in [2.05, 4.69) is 4.74 Å². The third-order valence-corrected chi connectivity index (χ3v) is 0.749. The van der Waals surface area contributed by atoms with Crippen molar-refractivity contribution >= 4 is 0 Å². The Labute approximate surface area is 43.5 Å². The maximum Gasteiger partial charge on any atom is 0.200 e. The van der Waals surface area contributed by atoms with Gasteiger partial charge in [-0.1, -0.05) is 13.8 Å². The molecule has 1 nitrogen and oxygen atoms in total. The van der Waals surface area contributed by atoms with Crippen LogP contribution in [0.1, 0.15) is 13.8 Å². The molecule has 0 aliphatic heterocycles. The van der Waals surface area contributed by atoms with Crippen molar-refractivity contribution in [2.45, 2.75) is 20.2 Å². The van der Waals surface area contributed by atoms with E-state index in [1.165, 1.54) is 7.11 Å². The normalized spacial score (nSPS) is 15.0. The van der Waals surface area contributed by atoms with Gasteiger partial charge in [0.2, 0.25) is 6.36 Å². The number of methoxy groups -OCH3 is 1. The molecule has 0 radical (unpaired) electrons. The minimum Gasteiger partial charge on any atom is -0.351 e. The summed E-state index contributed by atoms with van der Waals surface area (Å²) in [6.45, 7) is 3.54. The monoisotopic (exact) mass is 106 g/mol. The summed E-state index contributed by atoms with van der Waals surface area (Å²) in [6, 6.07) is 0. The largest absolute Gasteiger partial charge is 0.351 e. The molecular formula is C5H11FO. The van der Waals surface area contributed by atoms with Gasteiger partial charge in [-0.05, 0) is 0 Å². The van der Waals surface area contributed by atoms with Crippen LogP contribution >= 0.6 is 0 Å². The third kappa shape index (κ3) is 2.57. The van der Waals surface area contributed by atoms with Crippen LogP contribution in [0.15, 0.2) is 0 Å². The summed E-state index contributed by atoms with van der Waals surface area (Å²) >= 11 is 0. The van der Waals surface area contributed by atoms with Crippen LogP contribution in [-0.2, 0) is 4.74 Å². The standard InChI is InChI=1S/C5H11FO/c1-4(2)5(6)7-3/h4-5H,1-3H3. The summed E-state index contributed by atoms with van der Waals surface area (Å²) < 4.78 is 16.4. The van der Waals surface area contributed by atoms with Crippen LogP contribution in [0.2, 0.25) is 0 Å². The second kappa shape index (κ2) is 2.97. The fourth-order valence-corrected chi connectivity index (χ4v) is 0.272. The maximum atomic E-state index is 12.0. The third-order valence-electron chi connectivity index (χ3n) is 0.749. The van der Waals surface area contributed by atoms with Gasteiger partial charge in [-0.25, -0.2) is 4.39 Å². The molecule has 2 heteroatoms. The topological polar surface area (TPSA) is 9.23 Å². The highest BCUT2D eigenvalue weighted by atomic mass is 19.1. The van der Waals surface area contributed by atoms with E-state index in [1.807, 2.05) is 0 Å². The zero-order valence-electron chi connectivity index (χ0n) is 4.94. The Morgan fingerprint density at radius 1 is 1.43 bits per heavy atom. The molecule has 0 heterocycles. The minimum absolute atomic E-state index is 0.0231. The molecule has 44 valence electrons. The Morgan fingerprint density at radius 3 is 1.86 bits per heavy atom. The number of halogens is 1. The average molecular weight is 106 g/mol. The lowest BCUT2D eigenvalue weighted by Gasteiger charge is -2.07. The first-order chi connectivity index (χ1) is 3.18. The van der Waals surface area contributed by atoms with Crippen molar-refractivity contribution in [2.75, 3.05) is 7.11 Å². The predicted molar refractivity (Wildman–Crippen MR) is 26.7 cm³/mol. The van der Waals surface area contributed by atoms with Gasteiger partial charge in [0.15, 0.2) is 0 Å². The van der Waals surface area contributed by atoms with E-state index in [-0.39, 0.29) is 5.92 Å². The first kappa shape index (κ1) is 6.89. The molecule has 0 spiro atoms. The molecule has 0 N–H and O–H groups in total. The molecule has 0 amide bonds. The smallest absolute Gasteiger partial charge is 0.200 e. The van der Waals surface area contributed by atoms with Gasteiger partial charge in [-0.2, -0.15) is 0 Å². The first-order valence-electron chi connectivity index (χ1n) is 2.35. The lowest BCUT2D eigenvalue weighted by molar-refractivity contribution is -0.0383. The van der Waals surface area contributed by atoms with Crippen LogP contribution in [0, 0.1) is 5.92 Å². The van der Waals surface area contributed by atoms with Crippen LogP contribution in [0.5, 0.6) is 0 Å². The lowest BCUT2D eigenvalue weighted by Crippen LogP contribution is -2.10. The van der Waals surface area contributed by atoms with Gasteiger partial charge in [0.05, 0.1) is 0 Å². The molecule has 0 bridgehead atoms. The summed E-state index contributed by atoms with van der Waals surface area (Å²) in [4.78, 5) is 0. The molecule has 0 aromatic heterocycles. The molecule has 7 heavy (non-hydrogen) atoms. The van der Waals surface area contributed by atoms with E-state index in [1.54, 1.807) is 13.8 Å². The van der Waals surface area contributed by atoms with E-state index in [0.29, 0.717) is 0 Å². The number of hydrogen-bond acceptors (Lipinski definition) is 1. The first-order valence-corrected chi connectivity index (χ1v) is 2.35.